The Balaban J connectivity index is 2.28. The third-order valence-corrected chi connectivity index (χ3v) is 10.8. The zero-order chi connectivity index (χ0) is 36.4. The first-order valence-electron chi connectivity index (χ1n) is 20.7. The Kier molecular flexibility index (Phi) is 30.9. The zero-order valence-electron chi connectivity index (χ0n) is 32.2. The van der Waals surface area contributed by atoms with Gasteiger partial charge < -0.3 is 9.47 Å². The van der Waals surface area contributed by atoms with Gasteiger partial charge in [0.05, 0.1) is 18.1 Å². The third kappa shape index (κ3) is 27.1. The number of nitro groups is 1. The molecule has 0 amide bonds. The molecule has 0 bridgehead atoms. The number of ether oxygens (including phenoxy) is 2. The van der Waals surface area contributed by atoms with Crippen LogP contribution in [0.5, 0.6) is 0 Å². The number of nitro benzene ring substituents is 1. The van der Waals surface area contributed by atoms with Crippen LogP contribution in [0.4, 0.5) is 5.69 Å². The number of hydrogen-bond acceptors (Lipinski definition) is 7. The van der Waals surface area contributed by atoms with Crippen molar-refractivity contribution in [1.82, 2.24) is 0 Å². The highest BCUT2D eigenvalue weighted by molar-refractivity contribution is 7.86. The lowest BCUT2D eigenvalue weighted by Crippen LogP contribution is -2.28. The van der Waals surface area contributed by atoms with Gasteiger partial charge in [-0.3, -0.25) is 14.3 Å². The van der Waals surface area contributed by atoms with Crippen LogP contribution < -0.4 is 0 Å². The van der Waals surface area contributed by atoms with Crippen molar-refractivity contribution in [2.24, 2.45) is 0 Å². The van der Waals surface area contributed by atoms with E-state index in [0.717, 1.165) is 31.7 Å². The predicted molar refractivity (Wildman–Crippen MR) is 207 cm³/mol. The Morgan fingerprint density at radius 1 is 0.580 bits per heavy atom. The van der Waals surface area contributed by atoms with E-state index in [-0.39, 0.29) is 23.8 Å². The molecule has 8 nitrogen and oxygen atoms in total. The maximum Gasteiger partial charge on any atom is 0.297 e. The fourth-order valence-corrected chi connectivity index (χ4v) is 7.27. The van der Waals surface area contributed by atoms with Crippen molar-refractivity contribution in [3.63, 3.8) is 0 Å². The molecule has 0 heterocycles. The highest BCUT2D eigenvalue weighted by Gasteiger charge is 2.21. The molecule has 1 rings (SSSR count). The second kappa shape index (κ2) is 33.3. The van der Waals surface area contributed by atoms with E-state index < -0.39 is 21.1 Å². The Labute approximate surface area is 307 Å². The molecular formula is C41H75NO7S. The lowest BCUT2D eigenvalue weighted by atomic mass is 10.0. The molecular weight excluding hydrogens is 651 g/mol. The van der Waals surface area contributed by atoms with Gasteiger partial charge >= 0.3 is 0 Å². The maximum atomic E-state index is 12.8. The first-order valence-corrected chi connectivity index (χ1v) is 22.1. The van der Waals surface area contributed by atoms with Gasteiger partial charge in [0.1, 0.15) is 11.0 Å². The topological polar surface area (TPSA) is 105 Å². The summed E-state index contributed by atoms with van der Waals surface area (Å²) < 4.78 is 42.9. The predicted octanol–water partition coefficient (Wildman–Crippen LogP) is 12.7. The van der Waals surface area contributed by atoms with Crippen LogP contribution in [0.3, 0.4) is 0 Å². The summed E-state index contributed by atoms with van der Waals surface area (Å²) in [6.45, 7) is 5.71. The fourth-order valence-electron chi connectivity index (χ4n) is 6.29. The summed E-state index contributed by atoms with van der Waals surface area (Å²) in [4.78, 5) is 10.3. The lowest BCUT2D eigenvalue weighted by Gasteiger charge is -2.18. The van der Waals surface area contributed by atoms with Gasteiger partial charge in [0.2, 0.25) is 0 Å². The van der Waals surface area contributed by atoms with Crippen molar-refractivity contribution in [2.45, 2.75) is 205 Å². The number of non-ortho nitro benzene ring substituents is 1. The van der Waals surface area contributed by atoms with Gasteiger partial charge in [-0.1, -0.05) is 187 Å². The molecule has 9 heteroatoms. The minimum Gasteiger partial charge on any atom is -0.379 e. The second-order valence-electron chi connectivity index (χ2n) is 14.3. The summed E-state index contributed by atoms with van der Waals surface area (Å²) in [6.07, 6.45) is 35.6. The number of hydrogen-bond donors (Lipinski definition) is 0. The van der Waals surface area contributed by atoms with E-state index in [1.54, 1.807) is 0 Å². The van der Waals surface area contributed by atoms with Crippen molar-refractivity contribution >= 4 is 15.8 Å². The summed E-state index contributed by atoms with van der Waals surface area (Å²) in [6, 6.07) is 4.93. The number of rotatable bonds is 38. The van der Waals surface area contributed by atoms with Gasteiger partial charge in [0.15, 0.2) is 0 Å². The van der Waals surface area contributed by atoms with Crippen molar-refractivity contribution in [1.29, 1.82) is 0 Å². The lowest BCUT2D eigenvalue weighted by molar-refractivity contribution is -0.385. The summed E-state index contributed by atoms with van der Waals surface area (Å²) in [5, 5.41) is 11.1. The van der Waals surface area contributed by atoms with Crippen LogP contribution in [0.2, 0.25) is 0 Å². The molecule has 0 unspecified atom stereocenters. The monoisotopic (exact) mass is 726 g/mol. The first-order chi connectivity index (χ1) is 24.4. The molecule has 50 heavy (non-hydrogen) atoms. The van der Waals surface area contributed by atoms with Crippen LogP contribution in [0.1, 0.15) is 194 Å². The normalized spacial score (nSPS) is 12.4. The van der Waals surface area contributed by atoms with Crippen LogP contribution in [-0.4, -0.2) is 45.9 Å². The average molecular weight is 726 g/mol. The smallest absolute Gasteiger partial charge is 0.297 e. The summed E-state index contributed by atoms with van der Waals surface area (Å²) in [5.74, 6) is 0. The maximum absolute atomic E-state index is 12.8. The Bertz CT molecular complexity index is 1020. The number of nitrogens with zero attached hydrogens (tertiary/aromatic N) is 1. The van der Waals surface area contributed by atoms with Gasteiger partial charge in [-0.2, -0.15) is 8.42 Å². The van der Waals surface area contributed by atoms with E-state index in [9.17, 15) is 18.5 Å². The van der Waals surface area contributed by atoms with Gasteiger partial charge in [-0.15, -0.1) is 0 Å². The molecule has 0 aliphatic rings. The average Bonchev–Trinajstić information content (AvgIpc) is 3.11. The molecule has 0 fully saturated rings. The summed E-state index contributed by atoms with van der Waals surface area (Å²) >= 11 is 0. The first kappa shape index (κ1) is 46.5. The van der Waals surface area contributed by atoms with Crippen molar-refractivity contribution < 1.29 is 27.0 Å². The van der Waals surface area contributed by atoms with Crippen molar-refractivity contribution in [3.8, 4) is 0 Å². The standard InChI is InChI=1S/C41H75NO7S/c1-3-5-7-9-11-13-15-17-19-21-23-25-27-29-34-47-37-40(38-49-50(45,46)41-33-31-32-39(36-41)42(43)44)48-35-30-28-26-24-22-20-18-16-14-12-10-8-6-4-2/h31-33,36,40H,3-30,34-35,37-38H2,1-2H3/t40-/m1/s1. The second-order valence-corrected chi connectivity index (χ2v) is 15.9. The van der Waals surface area contributed by atoms with E-state index in [4.69, 9.17) is 13.7 Å². The third-order valence-electron chi connectivity index (χ3n) is 9.52. The van der Waals surface area contributed by atoms with E-state index in [2.05, 4.69) is 13.8 Å². The minimum absolute atomic E-state index is 0.192. The van der Waals surface area contributed by atoms with Gasteiger partial charge in [0, 0.05) is 25.3 Å². The van der Waals surface area contributed by atoms with Crippen molar-refractivity contribution in [3.05, 3.63) is 34.4 Å². The van der Waals surface area contributed by atoms with E-state index in [1.807, 2.05) is 0 Å². The van der Waals surface area contributed by atoms with Crippen molar-refractivity contribution in [2.75, 3.05) is 26.4 Å². The molecule has 292 valence electrons. The highest BCUT2D eigenvalue weighted by atomic mass is 32.2. The quantitative estimate of drug-likeness (QED) is 0.0289. The molecule has 1 aromatic rings. The molecule has 1 aromatic carbocycles. The van der Waals surface area contributed by atoms with Crippen LogP contribution in [0, 0.1) is 10.1 Å². The summed E-state index contributed by atoms with van der Waals surface area (Å²) in [5.41, 5.74) is -0.295. The molecule has 0 N–H and O–H groups in total. The van der Waals surface area contributed by atoms with Gasteiger partial charge in [-0.05, 0) is 18.9 Å². The van der Waals surface area contributed by atoms with Crippen LogP contribution >= 0.6 is 0 Å². The SMILES string of the molecule is CCCCCCCCCCCCCCCCOC[C@H](COS(=O)(=O)c1cccc([N+](=O)[O-])c1)OCCCCCCCCCCCCCCCC. The molecule has 0 aliphatic carbocycles. The van der Waals surface area contributed by atoms with Crippen LogP contribution in [0.25, 0.3) is 0 Å². The molecule has 0 saturated carbocycles. The molecule has 0 aliphatic heterocycles. The Hall–Kier alpha value is -1.55. The van der Waals surface area contributed by atoms with E-state index in [0.29, 0.717) is 13.2 Å². The Morgan fingerprint density at radius 2 is 0.980 bits per heavy atom. The van der Waals surface area contributed by atoms with Crippen LogP contribution in [-0.2, 0) is 23.8 Å². The van der Waals surface area contributed by atoms with E-state index in [1.165, 1.54) is 172 Å². The molecule has 1 atom stereocenters. The minimum atomic E-state index is -4.17. The van der Waals surface area contributed by atoms with Crippen LogP contribution in [0.15, 0.2) is 29.2 Å². The zero-order valence-corrected chi connectivity index (χ0v) is 33.0. The van der Waals surface area contributed by atoms with Gasteiger partial charge in [0.25, 0.3) is 15.8 Å². The molecule has 0 spiro atoms. The largest absolute Gasteiger partial charge is 0.379 e. The molecule has 0 aromatic heterocycles. The fraction of sp³-hybridized carbons (Fsp3) is 0.854. The highest BCUT2D eigenvalue weighted by Crippen LogP contribution is 2.20. The van der Waals surface area contributed by atoms with E-state index >= 15 is 0 Å². The number of benzene rings is 1. The molecule has 0 saturated heterocycles. The summed E-state index contributed by atoms with van der Waals surface area (Å²) in [7, 11) is -4.17. The van der Waals surface area contributed by atoms with Gasteiger partial charge in [-0.25, -0.2) is 0 Å². The Morgan fingerprint density at radius 3 is 1.40 bits per heavy atom. The molecule has 0 radical (unpaired) electrons. The number of unbranched alkanes of at least 4 members (excludes halogenated alkanes) is 26.